The van der Waals surface area contributed by atoms with Gasteiger partial charge >= 0.3 is 0 Å². The molecule has 0 saturated carbocycles. The summed E-state index contributed by atoms with van der Waals surface area (Å²) in [6, 6.07) is 4.35. The third-order valence-electron chi connectivity index (χ3n) is 1.82. The lowest BCUT2D eigenvalue weighted by atomic mass is 10.5. The molecule has 0 aliphatic heterocycles. The van der Waals surface area contributed by atoms with Crippen LogP contribution in [0.25, 0.3) is 0 Å². The van der Waals surface area contributed by atoms with E-state index in [-0.39, 0.29) is 16.7 Å². The molecule has 0 saturated heterocycles. The van der Waals surface area contributed by atoms with E-state index in [2.05, 4.69) is 19.7 Å². The van der Waals surface area contributed by atoms with Gasteiger partial charge in [-0.15, -0.1) is 0 Å². The number of rotatable bonds is 3. The first-order valence-electron chi connectivity index (χ1n) is 4.59. The average molecular weight is 251 g/mol. The van der Waals surface area contributed by atoms with E-state index in [0.29, 0.717) is 0 Å². The second kappa shape index (κ2) is 4.34. The molecule has 88 valence electrons. The molecule has 0 bridgehead atoms. The number of nitrogens with two attached hydrogens (primary N) is 1. The lowest BCUT2D eigenvalue weighted by Gasteiger charge is -2.05. The summed E-state index contributed by atoms with van der Waals surface area (Å²) >= 11 is 0. The molecule has 2 aromatic heterocycles. The van der Waals surface area contributed by atoms with Crippen molar-refractivity contribution in [2.45, 2.75) is 5.03 Å². The van der Waals surface area contributed by atoms with E-state index in [1.54, 1.807) is 0 Å². The highest BCUT2D eigenvalue weighted by Gasteiger charge is 2.16. The van der Waals surface area contributed by atoms with Crippen molar-refractivity contribution in [3.05, 3.63) is 36.8 Å². The van der Waals surface area contributed by atoms with E-state index in [4.69, 9.17) is 5.73 Å². The van der Waals surface area contributed by atoms with Crippen LogP contribution in [-0.4, -0.2) is 23.4 Å². The number of nitrogens with zero attached hydrogens (tertiary/aromatic N) is 3. The molecule has 2 rings (SSSR count). The molecule has 0 fully saturated rings. The summed E-state index contributed by atoms with van der Waals surface area (Å²) < 4.78 is 26.0. The van der Waals surface area contributed by atoms with Crippen LogP contribution in [-0.2, 0) is 10.0 Å². The molecule has 0 radical (unpaired) electrons. The molecule has 0 aromatic carbocycles. The average Bonchev–Trinajstić information content (AvgIpc) is 2.30. The van der Waals surface area contributed by atoms with Crippen molar-refractivity contribution < 1.29 is 8.42 Å². The molecular formula is C9H9N5O2S. The minimum absolute atomic E-state index is 0.122. The predicted octanol–water partition coefficient (Wildman–Crippen LogP) is 0.255. The van der Waals surface area contributed by atoms with E-state index >= 15 is 0 Å². The minimum Gasteiger partial charge on any atom is -0.384 e. The molecule has 0 atom stereocenters. The predicted molar refractivity (Wildman–Crippen MR) is 61.5 cm³/mol. The van der Waals surface area contributed by atoms with Crippen molar-refractivity contribution in [3.8, 4) is 0 Å². The lowest BCUT2D eigenvalue weighted by Crippen LogP contribution is -2.15. The number of anilines is 2. The number of nitrogens with one attached hydrogen (secondary N) is 1. The van der Waals surface area contributed by atoms with Gasteiger partial charge in [0.2, 0.25) is 0 Å². The first-order chi connectivity index (χ1) is 8.08. The highest BCUT2D eigenvalue weighted by molar-refractivity contribution is 7.92. The van der Waals surface area contributed by atoms with Crippen LogP contribution in [0.1, 0.15) is 0 Å². The van der Waals surface area contributed by atoms with Gasteiger partial charge in [-0.05, 0) is 12.1 Å². The highest BCUT2D eigenvalue weighted by atomic mass is 32.2. The summed E-state index contributed by atoms with van der Waals surface area (Å²) in [7, 11) is -3.78. The van der Waals surface area contributed by atoms with Gasteiger partial charge in [0, 0.05) is 12.4 Å². The molecule has 0 aliphatic carbocycles. The van der Waals surface area contributed by atoms with Crippen LogP contribution in [0.5, 0.6) is 0 Å². The number of hydrogen-bond donors (Lipinski definition) is 2. The highest BCUT2D eigenvalue weighted by Crippen LogP contribution is 2.11. The molecule has 17 heavy (non-hydrogen) atoms. The van der Waals surface area contributed by atoms with E-state index in [1.807, 2.05) is 0 Å². The molecule has 8 heteroatoms. The monoisotopic (exact) mass is 251 g/mol. The number of hydrogen-bond acceptors (Lipinski definition) is 6. The van der Waals surface area contributed by atoms with Gasteiger partial charge in [-0.3, -0.25) is 9.71 Å². The van der Waals surface area contributed by atoms with Crippen LogP contribution in [0.15, 0.2) is 41.8 Å². The largest absolute Gasteiger partial charge is 0.384 e. The third kappa shape index (κ3) is 2.67. The van der Waals surface area contributed by atoms with Crippen LogP contribution >= 0.6 is 0 Å². The van der Waals surface area contributed by atoms with Gasteiger partial charge in [0.1, 0.15) is 5.82 Å². The van der Waals surface area contributed by atoms with Gasteiger partial charge < -0.3 is 5.73 Å². The normalized spacial score (nSPS) is 11.1. The van der Waals surface area contributed by atoms with Gasteiger partial charge in [0.05, 0.1) is 6.20 Å². The summed E-state index contributed by atoms with van der Waals surface area (Å²) in [6.07, 6.45) is 4.12. The fraction of sp³-hybridized carbons (Fsp3) is 0. The smallest absolute Gasteiger partial charge is 0.280 e. The van der Waals surface area contributed by atoms with E-state index in [1.165, 1.54) is 36.8 Å². The Bertz CT molecular complexity index is 614. The molecule has 3 N–H and O–H groups in total. The maximum atomic E-state index is 11.9. The second-order valence-electron chi connectivity index (χ2n) is 3.10. The molecule has 7 nitrogen and oxygen atoms in total. The van der Waals surface area contributed by atoms with Gasteiger partial charge in [0.25, 0.3) is 10.0 Å². The maximum absolute atomic E-state index is 11.9. The molecule has 0 amide bonds. The van der Waals surface area contributed by atoms with Crippen molar-refractivity contribution in [3.63, 3.8) is 0 Å². The molecular weight excluding hydrogens is 242 g/mol. The van der Waals surface area contributed by atoms with Gasteiger partial charge in [-0.1, -0.05) is 6.07 Å². The Morgan fingerprint density at radius 2 is 2.06 bits per heavy atom. The zero-order valence-electron chi connectivity index (χ0n) is 8.61. The molecule has 0 aliphatic rings. The lowest BCUT2D eigenvalue weighted by molar-refractivity contribution is 0.597. The van der Waals surface area contributed by atoms with E-state index < -0.39 is 10.0 Å². The summed E-state index contributed by atoms with van der Waals surface area (Å²) in [5, 5.41) is -0.164. The standard InChI is InChI=1S/C9H9N5O2S/c10-7-2-1-3-9(13-7)17(15,16)14-8-6-11-4-5-12-8/h1-6H,(H2,10,13)(H,12,14). The van der Waals surface area contributed by atoms with Crippen molar-refractivity contribution in [1.29, 1.82) is 0 Å². The molecule has 0 spiro atoms. The van der Waals surface area contributed by atoms with Crippen LogP contribution in [0.4, 0.5) is 11.6 Å². The summed E-state index contributed by atoms with van der Waals surface area (Å²) in [5.74, 6) is 0.253. The Balaban J connectivity index is 2.32. The number of aromatic nitrogens is 3. The summed E-state index contributed by atoms with van der Waals surface area (Å²) in [5.41, 5.74) is 5.42. The molecule has 2 heterocycles. The number of sulfonamides is 1. The van der Waals surface area contributed by atoms with Crippen molar-refractivity contribution in [2.24, 2.45) is 0 Å². The number of nitrogen functional groups attached to an aromatic ring is 1. The third-order valence-corrected chi connectivity index (χ3v) is 3.08. The summed E-state index contributed by atoms with van der Waals surface area (Å²) in [6.45, 7) is 0. The fourth-order valence-corrected chi connectivity index (χ4v) is 2.09. The Labute approximate surface area is 97.8 Å². The van der Waals surface area contributed by atoms with Crippen LogP contribution in [0.2, 0.25) is 0 Å². The Morgan fingerprint density at radius 1 is 1.24 bits per heavy atom. The first kappa shape index (κ1) is 11.3. The fourth-order valence-electron chi connectivity index (χ4n) is 1.12. The van der Waals surface area contributed by atoms with Crippen LogP contribution < -0.4 is 10.5 Å². The van der Waals surface area contributed by atoms with Crippen LogP contribution in [0.3, 0.4) is 0 Å². The SMILES string of the molecule is Nc1cccc(S(=O)(=O)Nc2cnccn2)n1. The first-order valence-corrected chi connectivity index (χ1v) is 6.07. The van der Waals surface area contributed by atoms with Gasteiger partial charge in [0.15, 0.2) is 10.8 Å². The number of pyridine rings is 1. The zero-order chi connectivity index (χ0) is 12.3. The van der Waals surface area contributed by atoms with E-state index in [9.17, 15) is 8.42 Å². The zero-order valence-corrected chi connectivity index (χ0v) is 9.42. The van der Waals surface area contributed by atoms with Crippen molar-refractivity contribution in [2.75, 3.05) is 10.5 Å². The quantitative estimate of drug-likeness (QED) is 0.809. The Morgan fingerprint density at radius 3 is 2.71 bits per heavy atom. The van der Waals surface area contributed by atoms with Gasteiger partial charge in [-0.2, -0.15) is 8.42 Å². The molecule has 0 unspecified atom stereocenters. The van der Waals surface area contributed by atoms with Crippen molar-refractivity contribution >= 4 is 21.7 Å². The topological polar surface area (TPSA) is 111 Å². The Hall–Kier alpha value is -2.22. The van der Waals surface area contributed by atoms with Crippen molar-refractivity contribution in [1.82, 2.24) is 15.0 Å². The van der Waals surface area contributed by atoms with E-state index in [0.717, 1.165) is 0 Å². The maximum Gasteiger partial charge on any atom is 0.280 e. The summed E-state index contributed by atoms with van der Waals surface area (Å²) in [4.78, 5) is 11.3. The Kier molecular flexibility index (Phi) is 2.88. The van der Waals surface area contributed by atoms with Crippen LogP contribution in [0, 0.1) is 0 Å². The minimum atomic E-state index is -3.78. The molecule has 2 aromatic rings. The van der Waals surface area contributed by atoms with Gasteiger partial charge in [-0.25, -0.2) is 9.97 Å². The second-order valence-corrected chi connectivity index (χ2v) is 4.73.